The van der Waals surface area contributed by atoms with Crippen LogP contribution in [0.5, 0.6) is 0 Å². The molecule has 2 aromatic heterocycles. The van der Waals surface area contributed by atoms with Crippen molar-refractivity contribution in [2.45, 2.75) is 35.4 Å². The van der Waals surface area contributed by atoms with E-state index in [0.29, 0.717) is 0 Å². The second-order valence-corrected chi connectivity index (χ2v) is 10.0. The molecule has 0 spiro atoms. The third-order valence-corrected chi connectivity index (χ3v) is 7.29. The lowest BCUT2D eigenvalue weighted by Crippen LogP contribution is -2.31. The molecular weight excluding hydrogens is 472 g/mol. The van der Waals surface area contributed by atoms with Gasteiger partial charge in [-0.25, -0.2) is 0 Å². The van der Waals surface area contributed by atoms with E-state index in [1.165, 1.54) is 5.56 Å². The molecule has 0 amide bonds. The highest BCUT2D eigenvalue weighted by Gasteiger charge is 2.41. The second-order valence-electron chi connectivity index (χ2n) is 8.54. The van der Waals surface area contributed by atoms with E-state index in [-0.39, 0.29) is 12.1 Å². The van der Waals surface area contributed by atoms with Crippen LogP contribution in [0.4, 0.5) is 5.69 Å². The molecule has 35 heavy (non-hydrogen) atoms. The van der Waals surface area contributed by atoms with Gasteiger partial charge in [0.1, 0.15) is 11.8 Å². The summed E-state index contributed by atoms with van der Waals surface area (Å²) in [5, 5.41) is 8.59. The molecule has 0 saturated carbocycles. The molecule has 1 fully saturated rings. The van der Waals surface area contributed by atoms with E-state index in [0.717, 1.165) is 51.8 Å². The monoisotopic (exact) mass is 500 g/mol. The summed E-state index contributed by atoms with van der Waals surface area (Å²) >= 11 is 7.41. The molecule has 4 aromatic rings. The largest absolute Gasteiger partial charge is 0.452 e. The van der Waals surface area contributed by atoms with E-state index in [9.17, 15) is 0 Å². The molecule has 2 aromatic carbocycles. The zero-order valence-corrected chi connectivity index (χ0v) is 21.2. The Morgan fingerprint density at radius 1 is 1.00 bits per heavy atom. The first-order valence-electron chi connectivity index (χ1n) is 11.8. The van der Waals surface area contributed by atoms with Crippen LogP contribution in [0.2, 0.25) is 0 Å². The van der Waals surface area contributed by atoms with Gasteiger partial charge in [-0.1, -0.05) is 53.7 Å². The fraction of sp³-hybridized carbons (Fsp3) is 0.214. The minimum Gasteiger partial charge on any atom is -0.452 e. The van der Waals surface area contributed by atoms with Crippen molar-refractivity contribution in [3.8, 4) is 0 Å². The first-order valence-corrected chi connectivity index (χ1v) is 13.0. The number of benzene rings is 2. The first kappa shape index (κ1) is 23.5. The molecule has 0 radical (unpaired) electrons. The van der Waals surface area contributed by atoms with E-state index >= 15 is 0 Å². The van der Waals surface area contributed by atoms with Crippen molar-refractivity contribution >= 4 is 34.8 Å². The summed E-state index contributed by atoms with van der Waals surface area (Å²) < 4.78 is 6.39. The van der Waals surface area contributed by atoms with E-state index in [1.54, 1.807) is 11.8 Å². The molecule has 5 nitrogen and oxygen atoms in total. The van der Waals surface area contributed by atoms with E-state index in [4.69, 9.17) is 16.6 Å². The average molecular weight is 501 g/mol. The number of aryl methyl sites for hydroxylation is 1. The second kappa shape index (κ2) is 11.0. The highest BCUT2D eigenvalue weighted by Crippen LogP contribution is 2.41. The number of hydrogen-bond donors (Lipinski definition) is 2. The standard InChI is InChI=1S/C28H28N4OS2/c1-20-11-13-22(14-12-20)35-25-16-15-24(33-25)27-26(23-10-5-6-17-30-23)31-28(34)32(27)19-7-18-29-21-8-3-2-4-9-21/h2-6,8-17,26-27,29H,7,18-19H2,1H3,(H,31,34)/t26-,27-/m1/s1. The number of nitrogens with zero attached hydrogens (tertiary/aromatic N) is 2. The van der Waals surface area contributed by atoms with Gasteiger partial charge < -0.3 is 20.0 Å². The number of aromatic nitrogens is 1. The molecule has 0 bridgehead atoms. The Bertz CT molecular complexity index is 1240. The van der Waals surface area contributed by atoms with Crippen molar-refractivity contribution in [3.05, 3.63) is 108 Å². The van der Waals surface area contributed by atoms with Gasteiger partial charge in [-0.3, -0.25) is 4.98 Å². The Balaban J connectivity index is 1.33. The summed E-state index contributed by atoms with van der Waals surface area (Å²) in [6.07, 6.45) is 2.76. The van der Waals surface area contributed by atoms with Crippen LogP contribution >= 0.6 is 24.0 Å². The minimum atomic E-state index is -0.0749. The average Bonchev–Trinajstić information content (AvgIpc) is 3.48. The van der Waals surface area contributed by atoms with Crippen LogP contribution in [0.15, 0.2) is 106 Å². The minimum absolute atomic E-state index is 0.0681. The Labute approximate surface area is 216 Å². The summed E-state index contributed by atoms with van der Waals surface area (Å²) in [5.74, 6) is 0.888. The topological polar surface area (TPSA) is 53.3 Å². The van der Waals surface area contributed by atoms with Crippen LogP contribution in [0.3, 0.4) is 0 Å². The Morgan fingerprint density at radius 2 is 1.80 bits per heavy atom. The molecule has 1 aliphatic rings. The van der Waals surface area contributed by atoms with Crippen molar-refractivity contribution in [2.24, 2.45) is 0 Å². The van der Waals surface area contributed by atoms with Gasteiger partial charge in [0.05, 0.1) is 11.7 Å². The summed E-state index contributed by atoms with van der Waals surface area (Å²) in [5.41, 5.74) is 3.32. The quantitative estimate of drug-likeness (QED) is 0.198. The van der Waals surface area contributed by atoms with Gasteiger partial charge in [0.2, 0.25) is 0 Å². The summed E-state index contributed by atoms with van der Waals surface area (Å²) in [4.78, 5) is 8.01. The van der Waals surface area contributed by atoms with Crippen LogP contribution in [-0.2, 0) is 0 Å². The van der Waals surface area contributed by atoms with Crippen LogP contribution in [0.1, 0.15) is 35.5 Å². The van der Waals surface area contributed by atoms with Crippen LogP contribution in [-0.4, -0.2) is 28.1 Å². The molecule has 0 aliphatic carbocycles. The number of pyridine rings is 1. The van der Waals surface area contributed by atoms with Crippen molar-refractivity contribution in [2.75, 3.05) is 18.4 Å². The third kappa shape index (κ3) is 5.69. The molecule has 1 aliphatic heterocycles. The van der Waals surface area contributed by atoms with Gasteiger partial charge in [0, 0.05) is 29.9 Å². The van der Waals surface area contributed by atoms with Gasteiger partial charge in [0.15, 0.2) is 10.2 Å². The van der Waals surface area contributed by atoms with Gasteiger partial charge in [0.25, 0.3) is 0 Å². The van der Waals surface area contributed by atoms with Crippen molar-refractivity contribution < 1.29 is 4.42 Å². The molecular formula is C28H28N4OS2. The van der Waals surface area contributed by atoms with Crippen molar-refractivity contribution in [1.82, 2.24) is 15.2 Å². The van der Waals surface area contributed by atoms with Crippen LogP contribution in [0.25, 0.3) is 0 Å². The predicted octanol–water partition coefficient (Wildman–Crippen LogP) is 6.61. The predicted molar refractivity (Wildman–Crippen MR) is 146 cm³/mol. The summed E-state index contributed by atoms with van der Waals surface area (Å²) in [6, 6.07) is 28.7. The number of para-hydroxylation sites is 1. The number of furan rings is 1. The molecule has 178 valence electrons. The smallest absolute Gasteiger partial charge is 0.170 e. The number of thiocarbonyl (C=S) groups is 1. The number of anilines is 1. The number of nitrogens with one attached hydrogen (secondary N) is 2. The van der Waals surface area contributed by atoms with E-state index in [2.05, 4.69) is 69.9 Å². The van der Waals surface area contributed by atoms with Crippen molar-refractivity contribution in [1.29, 1.82) is 0 Å². The van der Waals surface area contributed by atoms with Crippen LogP contribution < -0.4 is 10.6 Å². The highest BCUT2D eigenvalue weighted by molar-refractivity contribution is 7.99. The number of rotatable bonds is 9. The van der Waals surface area contributed by atoms with Crippen LogP contribution in [0, 0.1) is 6.92 Å². The Kier molecular flexibility index (Phi) is 7.35. The van der Waals surface area contributed by atoms with Gasteiger partial charge in [-0.05, 0) is 74.1 Å². The molecule has 7 heteroatoms. The van der Waals surface area contributed by atoms with Crippen molar-refractivity contribution in [3.63, 3.8) is 0 Å². The number of hydrogen-bond acceptors (Lipinski definition) is 5. The summed E-state index contributed by atoms with van der Waals surface area (Å²) in [7, 11) is 0. The van der Waals surface area contributed by atoms with Gasteiger partial charge in [-0.15, -0.1) is 0 Å². The molecule has 2 atom stereocenters. The fourth-order valence-electron chi connectivity index (χ4n) is 4.26. The zero-order chi connectivity index (χ0) is 24.0. The normalized spacial score (nSPS) is 17.4. The lowest BCUT2D eigenvalue weighted by Gasteiger charge is -2.26. The van der Waals surface area contributed by atoms with Gasteiger partial charge in [-0.2, -0.15) is 0 Å². The zero-order valence-electron chi connectivity index (χ0n) is 19.6. The van der Waals surface area contributed by atoms with E-state index < -0.39 is 0 Å². The maximum absolute atomic E-state index is 6.39. The summed E-state index contributed by atoms with van der Waals surface area (Å²) in [6.45, 7) is 3.76. The molecule has 2 N–H and O–H groups in total. The Hall–Kier alpha value is -3.29. The molecule has 5 rings (SSSR count). The highest BCUT2D eigenvalue weighted by atomic mass is 32.2. The van der Waals surface area contributed by atoms with E-state index in [1.807, 2.05) is 48.7 Å². The first-order chi connectivity index (χ1) is 17.2. The lowest BCUT2D eigenvalue weighted by molar-refractivity contribution is 0.259. The SMILES string of the molecule is Cc1ccc(Sc2ccc([C@@H]3[C@@H](c4ccccn4)NC(=S)N3CCCNc3ccccc3)o2)cc1. The molecule has 3 heterocycles. The molecule has 0 unspecified atom stereocenters. The third-order valence-electron chi connectivity index (χ3n) is 6.01. The fourth-order valence-corrected chi connectivity index (χ4v) is 5.37. The van der Waals surface area contributed by atoms with Gasteiger partial charge >= 0.3 is 0 Å². The lowest BCUT2D eigenvalue weighted by atomic mass is 10.0. The molecule has 1 saturated heterocycles. The Morgan fingerprint density at radius 3 is 2.57 bits per heavy atom. The maximum atomic E-state index is 6.39. The maximum Gasteiger partial charge on any atom is 0.170 e.